The highest BCUT2D eigenvalue weighted by molar-refractivity contribution is 5.96. The van der Waals surface area contributed by atoms with Crippen molar-refractivity contribution in [3.8, 4) is 11.5 Å². The molecule has 0 fully saturated rings. The first-order valence-corrected chi connectivity index (χ1v) is 9.12. The third-order valence-electron chi connectivity index (χ3n) is 4.76. The molecule has 2 N–H and O–H groups in total. The molecule has 0 unspecified atom stereocenters. The molecule has 3 aromatic rings. The second-order valence-corrected chi connectivity index (χ2v) is 6.43. The zero-order valence-corrected chi connectivity index (χ0v) is 18.0. The molecule has 0 aliphatic heterocycles. The van der Waals surface area contributed by atoms with Crippen LogP contribution in [0.5, 0.6) is 11.5 Å². The van der Waals surface area contributed by atoms with Gasteiger partial charge in [-0.2, -0.15) is 0 Å². The summed E-state index contributed by atoms with van der Waals surface area (Å²) < 4.78 is 14.5. The average Bonchev–Trinajstić information content (AvgIpc) is 2.97. The van der Waals surface area contributed by atoms with Crippen LogP contribution in [0.15, 0.2) is 42.5 Å². The number of ketones is 1. The van der Waals surface area contributed by atoms with Gasteiger partial charge < -0.3 is 26.5 Å². The van der Waals surface area contributed by atoms with Crippen molar-refractivity contribution in [2.24, 2.45) is 0 Å². The number of fused-ring (bicyclic) bond motifs is 1. The number of unbranched alkanes of at least 4 members (excludes halogenated alkanes) is 1. The van der Waals surface area contributed by atoms with E-state index in [0.717, 1.165) is 30.4 Å². The smallest absolute Gasteiger partial charge is 0.356 e. The lowest BCUT2D eigenvalue weighted by atomic mass is 10.1. The number of aromatic nitrogens is 2. The highest BCUT2D eigenvalue weighted by Crippen LogP contribution is 2.28. The third-order valence-corrected chi connectivity index (χ3v) is 4.76. The number of hydrogen-bond acceptors (Lipinski definition) is 4. The topological polar surface area (TPSA) is 70.4 Å². The third kappa shape index (κ3) is 4.14. The Morgan fingerprint density at radius 2 is 1.82 bits per heavy atom. The summed E-state index contributed by atoms with van der Waals surface area (Å²) in [5.41, 5.74) is 8.98. The molecule has 3 rings (SSSR count). The van der Waals surface area contributed by atoms with Crippen LogP contribution in [0.4, 0.5) is 5.95 Å². The van der Waals surface area contributed by atoms with Crippen LogP contribution >= 0.6 is 0 Å². The molecule has 0 amide bonds. The summed E-state index contributed by atoms with van der Waals surface area (Å²) in [4.78, 5) is 12.9. The van der Waals surface area contributed by atoms with E-state index < -0.39 is 0 Å². The SMILES string of the molecule is CCCCn1c(N)[n+](CC(=O)c2ccc(OC)c(OC)c2)c2ccccc21.[Br-]. The lowest BCUT2D eigenvalue weighted by Gasteiger charge is -2.09. The Balaban J connectivity index is 0.00000280. The molecule has 150 valence electrons. The number of hydrogen-bond donors (Lipinski definition) is 1. The first kappa shape index (κ1) is 21.8. The van der Waals surface area contributed by atoms with Gasteiger partial charge in [-0.3, -0.25) is 10.5 Å². The van der Waals surface area contributed by atoms with E-state index in [1.165, 1.54) is 0 Å². The van der Waals surface area contributed by atoms with Crippen LogP contribution in [0.3, 0.4) is 0 Å². The summed E-state index contributed by atoms with van der Waals surface area (Å²) >= 11 is 0. The van der Waals surface area contributed by atoms with Gasteiger partial charge in [0, 0.05) is 5.56 Å². The Morgan fingerprint density at radius 1 is 1.11 bits per heavy atom. The number of benzene rings is 2. The molecule has 0 saturated carbocycles. The maximum absolute atomic E-state index is 12.9. The number of nitrogens with zero attached hydrogens (tertiary/aromatic N) is 2. The number of nitrogen functional groups attached to an aromatic ring is 1. The molecule has 0 saturated heterocycles. The molecule has 0 aliphatic carbocycles. The molecule has 0 bridgehead atoms. The number of Topliss-reactive ketones (excluding diaryl/α,β-unsaturated/α-hetero) is 1. The van der Waals surface area contributed by atoms with Crippen molar-refractivity contribution in [2.75, 3.05) is 20.0 Å². The van der Waals surface area contributed by atoms with Crippen molar-refractivity contribution in [1.82, 2.24) is 4.57 Å². The second kappa shape index (κ2) is 9.59. The quantitative estimate of drug-likeness (QED) is 0.396. The molecule has 6 nitrogen and oxygen atoms in total. The average molecular weight is 448 g/mol. The Hall–Kier alpha value is -2.54. The Bertz CT molecular complexity index is 969. The minimum atomic E-state index is -0.0361. The Morgan fingerprint density at radius 3 is 2.50 bits per heavy atom. The number of nitrogens with two attached hydrogens (primary N) is 1. The van der Waals surface area contributed by atoms with E-state index in [4.69, 9.17) is 15.2 Å². The molecule has 0 radical (unpaired) electrons. The zero-order valence-electron chi connectivity index (χ0n) is 16.4. The minimum Gasteiger partial charge on any atom is -1.00 e. The lowest BCUT2D eigenvalue weighted by molar-refractivity contribution is -0.642. The van der Waals surface area contributed by atoms with Crippen molar-refractivity contribution in [3.63, 3.8) is 0 Å². The fourth-order valence-corrected chi connectivity index (χ4v) is 3.28. The number of imidazole rings is 1. The van der Waals surface area contributed by atoms with Crippen molar-refractivity contribution >= 4 is 22.8 Å². The monoisotopic (exact) mass is 447 g/mol. The van der Waals surface area contributed by atoms with Gasteiger partial charge in [-0.25, -0.2) is 9.13 Å². The molecule has 2 aromatic carbocycles. The van der Waals surface area contributed by atoms with Gasteiger partial charge in [0.1, 0.15) is 17.6 Å². The molecule has 1 heterocycles. The standard InChI is InChI=1S/C21H25N3O3.BrH/c1-4-5-12-23-16-8-6-7-9-17(16)24(21(23)22)14-18(25)15-10-11-19(26-2)20(13-15)27-3;/h6-11,13,22H,4-5,12,14H2,1-3H3;1H. The molecule has 0 spiro atoms. The summed E-state index contributed by atoms with van der Waals surface area (Å²) in [6.45, 7) is 3.15. The van der Waals surface area contributed by atoms with Crippen molar-refractivity contribution in [1.29, 1.82) is 0 Å². The number of methoxy groups -OCH3 is 2. The molecule has 7 heteroatoms. The first-order valence-electron chi connectivity index (χ1n) is 9.12. The zero-order chi connectivity index (χ0) is 19.4. The number of carbonyl (C=O) groups excluding carboxylic acids is 1. The number of anilines is 1. The number of ether oxygens (including phenoxy) is 2. The van der Waals surface area contributed by atoms with Crippen LogP contribution in [-0.2, 0) is 13.1 Å². The summed E-state index contributed by atoms with van der Waals surface area (Å²) in [6, 6.07) is 13.2. The minimum absolute atomic E-state index is 0. The maximum Gasteiger partial charge on any atom is 0.356 e. The first-order chi connectivity index (χ1) is 13.1. The molecule has 0 atom stereocenters. The van der Waals surface area contributed by atoms with E-state index in [9.17, 15) is 4.79 Å². The molecular formula is C21H26BrN3O3. The van der Waals surface area contributed by atoms with Crippen LogP contribution in [0, 0.1) is 0 Å². The Kier molecular flexibility index (Phi) is 7.45. The van der Waals surface area contributed by atoms with Gasteiger partial charge in [-0.15, -0.1) is 0 Å². The normalized spacial score (nSPS) is 10.5. The van der Waals surface area contributed by atoms with E-state index in [2.05, 4.69) is 11.5 Å². The van der Waals surface area contributed by atoms with Crippen molar-refractivity contribution < 1.29 is 35.8 Å². The highest BCUT2D eigenvalue weighted by atomic mass is 79.9. The highest BCUT2D eigenvalue weighted by Gasteiger charge is 2.23. The van der Waals surface area contributed by atoms with Gasteiger partial charge in [0.25, 0.3) is 0 Å². The summed E-state index contributed by atoms with van der Waals surface area (Å²) in [5.74, 6) is 1.69. The molecule has 0 aliphatic rings. The number of halogens is 1. The van der Waals surface area contributed by atoms with Crippen molar-refractivity contribution in [2.45, 2.75) is 32.9 Å². The van der Waals surface area contributed by atoms with E-state index in [-0.39, 0.29) is 29.3 Å². The fraction of sp³-hybridized carbons (Fsp3) is 0.333. The molecular weight excluding hydrogens is 422 g/mol. The second-order valence-electron chi connectivity index (χ2n) is 6.43. The van der Waals surface area contributed by atoms with Gasteiger partial charge in [-0.1, -0.05) is 25.5 Å². The number of carbonyl (C=O) groups is 1. The van der Waals surface area contributed by atoms with Gasteiger partial charge in [-0.05, 0) is 36.8 Å². The predicted octanol–water partition coefficient (Wildman–Crippen LogP) is 0.215. The van der Waals surface area contributed by atoms with Crippen molar-refractivity contribution in [3.05, 3.63) is 48.0 Å². The summed E-state index contributed by atoms with van der Waals surface area (Å²) in [6.07, 6.45) is 2.11. The predicted molar refractivity (Wildman–Crippen MR) is 105 cm³/mol. The summed E-state index contributed by atoms with van der Waals surface area (Å²) in [5, 5.41) is 0. The van der Waals surface area contributed by atoms with Crippen LogP contribution < -0.4 is 36.8 Å². The summed E-state index contributed by atoms with van der Waals surface area (Å²) in [7, 11) is 3.13. The fourth-order valence-electron chi connectivity index (χ4n) is 3.28. The maximum atomic E-state index is 12.9. The number of rotatable bonds is 8. The lowest BCUT2D eigenvalue weighted by Crippen LogP contribution is -3.00. The van der Waals surface area contributed by atoms with Gasteiger partial charge >= 0.3 is 5.95 Å². The van der Waals surface area contributed by atoms with E-state index >= 15 is 0 Å². The van der Waals surface area contributed by atoms with Gasteiger partial charge in [0.05, 0.1) is 20.8 Å². The molecule has 28 heavy (non-hydrogen) atoms. The number of para-hydroxylation sites is 2. The van der Waals surface area contributed by atoms with E-state index in [1.54, 1.807) is 32.4 Å². The van der Waals surface area contributed by atoms with Gasteiger partial charge in [0.2, 0.25) is 0 Å². The van der Waals surface area contributed by atoms with E-state index in [1.807, 2.05) is 28.8 Å². The van der Waals surface area contributed by atoms with Crippen LogP contribution in [-0.4, -0.2) is 24.6 Å². The number of aryl methyl sites for hydroxylation is 1. The van der Waals surface area contributed by atoms with E-state index in [0.29, 0.717) is 23.0 Å². The van der Waals surface area contributed by atoms with Crippen LogP contribution in [0.1, 0.15) is 30.1 Å². The largest absolute Gasteiger partial charge is 1.00 e. The van der Waals surface area contributed by atoms with Gasteiger partial charge in [0.15, 0.2) is 17.3 Å². The molecule has 1 aromatic heterocycles. The van der Waals surface area contributed by atoms with Crippen LogP contribution in [0.2, 0.25) is 0 Å². The Labute approximate surface area is 175 Å². The van der Waals surface area contributed by atoms with Crippen LogP contribution in [0.25, 0.3) is 11.0 Å².